The Kier molecular flexibility index (Phi) is 3.74. The highest BCUT2D eigenvalue weighted by Gasteiger charge is 2.17. The maximum Gasteiger partial charge on any atom is 0.355 e. The summed E-state index contributed by atoms with van der Waals surface area (Å²) in [5.41, 5.74) is -0.0702. The van der Waals surface area contributed by atoms with Crippen molar-refractivity contribution in [1.29, 1.82) is 0 Å². The minimum Gasteiger partial charge on any atom is -0.476 e. The van der Waals surface area contributed by atoms with Gasteiger partial charge < -0.3 is 9.84 Å². The summed E-state index contributed by atoms with van der Waals surface area (Å²) in [4.78, 5) is 26.3. The molecule has 1 aromatic carbocycles. The Balaban J connectivity index is 2.63. The summed E-state index contributed by atoms with van der Waals surface area (Å²) in [6, 6.07) is 6.51. The molecule has 2 aromatic rings. The third-order valence-corrected chi connectivity index (χ3v) is 2.69. The number of halogens is 1. The second kappa shape index (κ2) is 5.48. The number of nitrogens with zero attached hydrogens (tertiary/aromatic N) is 1. The van der Waals surface area contributed by atoms with Crippen molar-refractivity contribution in [2.24, 2.45) is 0 Å². The summed E-state index contributed by atoms with van der Waals surface area (Å²) in [7, 11) is 1.21. The Morgan fingerprint density at radius 2 is 2.00 bits per heavy atom. The minimum absolute atomic E-state index is 0.0154. The van der Waals surface area contributed by atoms with Crippen molar-refractivity contribution in [2.75, 3.05) is 7.11 Å². The molecule has 0 fully saturated rings. The van der Waals surface area contributed by atoms with Crippen molar-refractivity contribution < 1.29 is 23.8 Å². The third-order valence-electron chi connectivity index (χ3n) is 2.69. The van der Waals surface area contributed by atoms with Gasteiger partial charge in [0, 0.05) is 17.3 Å². The molecule has 0 amide bonds. The van der Waals surface area contributed by atoms with E-state index < -0.39 is 17.8 Å². The number of esters is 1. The zero-order chi connectivity index (χ0) is 14.7. The van der Waals surface area contributed by atoms with Gasteiger partial charge in [-0.25, -0.2) is 19.0 Å². The van der Waals surface area contributed by atoms with Crippen LogP contribution in [0.4, 0.5) is 4.39 Å². The number of hydrogen-bond donors (Lipinski definition) is 1. The number of ether oxygens (including phenoxy) is 1. The molecule has 1 aromatic heterocycles. The van der Waals surface area contributed by atoms with Crippen LogP contribution in [0.25, 0.3) is 11.1 Å². The van der Waals surface area contributed by atoms with Crippen molar-refractivity contribution in [3.63, 3.8) is 0 Å². The molecule has 0 bridgehead atoms. The van der Waals surface area contributed by atoms with E-state index in [1.165, 1.54) is 37.6 Å². The first-order chi connectivity index (χ1) is 9.54. The van der Waals surface area contributed by atoms with Crippen LogP contribution in [0.2, 0.25) is 0 Å². The van der Waals surface area contributed by atoms with E-state index in [4.69, 9.17) is 5.11 Å². The van der Waals surface area contributed by atoms with Gasteiger partial charge >= 0.3 is 11.9 Å². The van der Waals surface area contributed by atoms with Crippen molar-refractivity contribution >= 4 is 11.9 Å². The van der Waals surface area contributed by atoms with Crippen LogP contribution in [-0.4, -0.2) is 29.1 Å². The standard InChI is InChI=1S/C14H10FNO4/c1-20-14(19)8-4-5-11(15)10(7-8)9-3-2-6-16-12(9)13(17)18/h2-7H,1H3,(H,17,18). The molecule has 0 spiro atoms. The molecule has 0 saturated heterocycles. The van der Waals surface area contributed by atoms with E-state index in [9.17, 15) is 14.0 Å². The van der Waals surface area contributed by atoms with E-state index in [1.54, 1.807) is 0 Å². The van der Waals surface area contributed by atoms with Gasteiger partial charge in [-0.3, -0.25) is 0 Å². The number of carbonyl (C=O) groups is 2. The maximum absolute atomic E-state index is 13.9. The maximum atomic E-state index is 13.9. The Morgan fingerprint density at radius 3 is 2.65 bits per heavy atom. The predicted octanol–water partition coefficient (Wildman–Crippen LogP) is 2.37. The van der Waals surface area contributed by atoms with E-state index in [0.717, 1.165) is 6.07 Å². The molecule has 102 valence electrons. The third kappa shape index (κ3) is 2.49. The van der Waals surface area contributed by atoms with Gasteiger partial charge in [0.15, 0.2) is 5.69 Å². The molecule has 1 heterocycles. The van der Waals surface area contributed by atoms with Gasteiger partial charge in [0.05, 0.1) is 12.7 Å². The molecule has 2 rings (SSSR count). The summed E-state index contributed by atoms with van der Waals surface area (Å²) in [6.45, 7) is 0. The highest BCUT2D eigenvalue weighted by molar-refractivity contribution is 5.96. The van der Waals surface area contributed by atoms with Crippen LogP contribution in [0.15, 0.2) is 36.5 Å². The molecule has 0 saturated carbocycles. The number of rotatable bonds is 3. The first-order valence-electron chi connectivity index (χ1n) is 5.61. The molecular formula is C14H10FNO4. The number of methoxy groups -OCH3 is 1. The number of carboxylic acids is 1. The van der Waals surface area contributed by atoms with Crippen molar-refractivity contribution in [2.45, 2.75) is 0 Å². The van der Waals surface area contributed by atoms with Crippen molar-refractivity contribution in [3.8, 4) is 11.1 Å². The van der Waals surface area contributed by atoms with Crippen molar-refractivity contribution in [3.05, 3.63) is 53.6 Å². The van der Waals surface area contributed by atoms with Crippen LogP contribution in [-0.2, 0) is 4.74 Å². The molecule has 0 unspecified atom stereocenters. The van der Waals surface area contributed by atoms with Crippen LogP contribution in [0.5, 0.6) is 0 Å². The normalized spacial score (nSPS) is 10.1. The fourth-order valence-corrected chi connectivity index (χ4v) is 1.77. The summed E-state index contributed by atoms with van der Waals surface area (Å²) in [5.74, 6) is -2.55. The molecular weight excluding hydrogens is 265 g/mol. The Labute approximate surface area is 113 Å². The minimum atomic E-state index is -1.27. The van der Waals surface area contributed by atoms with Crippen molar-refractivity contribution in [1.82, 2.24) is 4.98 Å². The summed E-state index contributed by atoms with van der Waals surface area (Å²) < 4.78 is 18.4. The Hall–Kier alpha value is -2.76. The molecule has 1 N–H and O–H groups in total. The van der Waals surface area contributed by atoms with Gasteiger partial charge in [-0.1, -0.05) is 6.07 Å². The smallest absolute Gasteiger partial charge is 0.355 e. The van der Waals surface area contributed by atoms with E-state index >= 15 is 0 Å². The molecule has 0 aliphatic carbocycles. The number of aromatic nitrogens is 1. The average Bonchev–Trinajstić information content (AvgIpc) is 2.47. The molecule has 0 radical (unpaired) electrons. The van der Waals surface area contributed by atoms with Gasteiger partial charge in [0.1, 0.15) is 5.82 Å². The number of aromatic carboxylic acids is 1. The Bertz CT molecular complexity index is 685. The van der Waals surface area contributed by atoms with E-state index in [0.29, 0.717) is 0 Å². The van der Waals surface area contributed by atoms with Gasteiger partial charge in [0.25, 0.3) is 0 Å². The highest BCUT2D eigenvalue weighted by atomic mass is 19.1. The number of carbonyl (C=O) groups excluding carboxylic acids is 1. The molecule has 0 aliphatic heterocycles. The lowest BCUT2D eigenvalue weighted by Gasteiger charge is -2.08. The lowest BCUT2D eigenvalue weighted by molar-refractivity contribution is 0.0600. The average molecular weight is 275 g/mol. The van der Waals surface area contributed by atoms with Gasteiger partial charge in [0.2, 0.25) is 0 Å². The number of hydrogen-bond acceptors (Lipinski definition) is 4. The number of pyridine rings is 1. The second-order valence-electron chi connectivity index (χ2n) is 3.89. The van der Waals surface area contributed by atoms with Crippen LogP contribution in [0.1, 0.15) is 20.8 Å². The molecule has 5 nitrogen and oxygen atoms in total. The van der Waals surface area contributed by atoms with E-state index in [2.05, 4.69) is 9.72 Å². The van der Waals surface area contributed by atoms with Crippen LogP contribution < -0.4 is 0 Å². The lowest BCUT2D eigenvalue weighted by atomic mass is 10.0. The first kappa shape index (κ1) is 13.7. The monoisotopic (exact) mass is 275 g/mol. The molecule has 0 aliphatic rings. The van der Waals surface area contributed by atoms with E-state index in [-0.39, 0.29) is 22.4 Å². The predicted molar refractivity (Wildman–Crippen MR) is 67.9 cm³/mol. The zero-order valence-corrected chi connectivity index (χ0v) is 10.5. The summed E-state index contributed by atoms with van der Waals surface area (Å²) in [6.07, 6.45) is 1.30. The largest absolute Gasteiger partial charge is 0.476 e. The van der Waals surface area contributed by atoms with Crippen LogP contribution in [0, 0.1) is 5.82 Å². The topological polar surface area (TPSA) is 76.5 Å². The number of benzene rings is 1. The summed E-state index contributed by atoms with van der Waals surface area (Å²) >= 11 is 0. The fraction of sp³-hybridized carbons (Fsp3) is 0.0714. The van der Waals surface area contributed by atoms with Crippen LogP contribution >= 0.6 is 0 Å². The fourth-order valence-electron chi connectivity index (χ4n) is 1.77. The SMILES string of the molecule is COC(=O)c1ccc(F)c(-c2cccnc2C(=O)O)c1. The first-order valence-corrected chi connectivity index (χ1v) is 5.61. The quantitative estimate of drug-likeness (QED) is 0.870. The van der Waals surface area contributed by atoms with E-state index in [1.807, 2.05) is 0 Å². The highest BCUT2D eigenvalue weighted by Crippen LogP contribution is 2.26. The van der Waals surface area contributed by atoms with Gasteiger partial charge in [-0.15, -0.1) is 0 Å². The molecule has 20 heavy (non-hydrogen) atoms. The zero-order valence-electron chi connectivity index (χ0n) is 10.5. The van der Waals surface area contributed by atoms with Gasteiger partial charge in [-0.05, 0) is 24.3 Å². The second-order valence-corrected chi connectivity index (χ2v) is 3.89. The van der Waals surface area contributed by atoms with Gasteiger partial charge in [-0.2, -0.15) is 0 Å². The Morgan fingerprint density at radius 1 is 1.25 bits per heavy atom. The molecule has 6 heteroatoms. The molecule has 0 atom stereocenters. The summed E-state index contributed by atoms with van der Waals surface area (Å²) in [5, 5.41) is 9.07. The van der Waals surface area contributed by atoms with Crippen LogP contribution in [0.3, 0.4) is 0 Å². The lowest BCUT2D eigenvalue weighted by Crippen LogP contribution is -2.05. The number of carboxylic acid groups (broad SMARTS) is 1.